The van der Waals surface area contributed by atoms with Gasteiger partial charge >= 0.3 is 0 Å². The van der Waals surface area contributed by atoms with Gasteiger partial charge in [0.25, 0.3) is 0 Å². The number of unbranched alkanes of at least 4 members (excludes halogenated alkanes) is 2. The summed E-state index contributed by atoms with van der Waals surface area (Å²) in [6.07, 6.45) is 9.61. The summed E-state index contributed by atoms with van der Waals surface area (Å²) >= 11 is 7.23. The van der Waals surface area contributed by atoms with Crippen LogP contribution in [-0.4, -0.2) is 19.8 Å². The maximum absolute atomic E-state index is 3.62. The van der Waals surface area contributed by atoms with Crippen molar-refractivity contribution >= 4 is 53.7 Å². The van der Waals surface area contributed by atoms with Gasteiger partial charge in [-0.2, -0.15) is 0 Å². The standard InChI is InChI=1S/C34H38Br2N2/c1-24-8-12-27(13-9-24)34(30-22-37(18-6-4-16-35)32-14-10-25(2)20-28(30)32)31-23-38(19-7-5-17-36)33-15-11-26(3)21-29(31)33/h8-15,20-23,34H,4-7,16-19H2,1-3H3. The van der Waals surface area contributed by atoms with E-state index in [1.54, 1.807) is 0 Å². The van der Waals surface area contributed by atoms with Crippen LogP contribution in [0.25, 0.3) is 21.8 Å². The highest BCUT2D eigenvalue weighted by Crippen LogP contribution is 2.41. The van der Waals surface area contributed by atoms with Crippen LogP contribution < -0.4 is 0 Å². The Morgan fingerprint density at radius 3 is 1.47 bits per heavy atom. The van der Waals surface area contributed by atoms with Crippen LogP contribution in [0.2, 0.25) is 0 Å². The number of nitrogens with zero attached hydrogens (tertiary/aromatic N) is 2. The van der Waals surface area contributed by atoms with E-state index in [-0.39, 0.29) is 5.92 Å². The predicted octanol–water partition coefficient (Wildman–Crippen LogP) is 10.1. The lowest BCUT2D eigenvalue weighted by atomic mass is 9.84. The molecule has 0 saturated carbocycles. The summed E-state index contributed by atoms with van der Waals surface area (Å²) < 4.78 is 4.99. The number of aryl methyl sites for hydroxylation is 5. The van der Waals surface area contributed by atoms with Crippen molar-refractivity contribution in [2.45, 2.75) is 65.5 Å². The fraction of sp³-hybridized carbons (Fsp3) is 0.353. The van der Waals surface area contributed by atoms with Gasteiger partial charge in [-0.15, -0.1) is 0 Å². The fourth-order valence-electron chi connectivity index (χ4n) is 5.75. The molecular formula is C34H38Br2N2. The molecule has 5 aromatic rings. The molecule has 0 saturated heterocycles. The van der Waals surface area contributed by atoms with E-state index in [4.69, 9.17) is 0 Å². The summed E-state index contributed by atoms with van der Waals surface area (Å²) in [4.78, 5) is 0. The van der Waals surface area contributed by atoms with Crippen molar-refractivity contribution in [3.05, 3.63) is 106 Å². The summed E-state index contributed by atoms with van der Waals surface area (Å²) in [5, 5.41) is 4.86. The van der Waals surface area contributed by atoms with Crippen molar-refractivity contribution in [1.82, 2.24) is 9.13 Å². The number of halogens is 2. The highest BCUT2D eigenvalue weighted by molar-refractivity contribution is 9.09. The van der Waals surface area contributed by atoms with Crippen LogP contribution >= 0.6 is 31.9 Å². The maximum Gasteiger partial charge on any atom is 0.0483 e. The summed E-state index contributed by atoms with van der Waals surface area (Å²) in [5.74, 6) is 0.166. The second kappa shape index (κ2) is 12.3. The third kappa shape index (κ3) is 5.67. The SMILES string of the molecule is Cc1ccc(C(c2cn(CCCCBr)c3ccc(C)cc23)c2cn(CCCCBr)c3ccc(C)cc23)cc1. The van der Waals surface area contributed by atoms with Crippen LogP contribution in [0.15, 0.2) is 73.1 Å². The van der Waals surface area contributed by atoms with Gasteiger partial charge in [-0.1, -0.05) is 84.9 Å². The van der Waals surface area contributed by atoms with Crippen LogP contribution in [0.5, 0.6) is 0 Å². The Kier molecular flexibility index (Phi) is 8.80. The van der Waals surface area contributed by atoms with Gasteiger partial charge in [0.1, 0.15) is 0 Å². The van der Waals surface area contributed by atoms with Crippen LogP contribution in [0.1, 0.15) is 65.0 Å². The largest absolute Gasteiger partial charge is 0.347 e. The summed E-state index contributed by atoms with van der Waals surface area (Å²) in [6.45, 7) is 8.69. The van der Waals surface area contributed by atoms with Gasteiger partial charge in [0.05, 0.1) is 0 Å². The van der Waals surface area contributed by atoms with E-state index in [2.05, 4.69) is 135 Å². The molecule has 0 N–H and O–H groups in total. The quantitative estimate of drug-likeness (QED) is 0.101. The minimum atomic E-state index is 0.166. The lowest BCUT2D eigenvalue weighted by Crippen LogP contribution is -2.04. The summed E-state index contributed by atoms with van der Waals surface area (Å²) in [7, 11) is 0. The molecule has 0 aliphatic rings. The van der Waals surface area contributed by atoms with Crippen LogP contribution in [-0.2, 0) is 13.1 Å². The van der Waals surface area contributed by atoms with Gasteiger partial charge in [0.2, 0.25) is 0 Å². The van der Waals surface area contributed by atoms with E-state index in [1.807, 2.05) is 0 Å². The maximum atomic E-state index is 3.62. The molecule has 0 aliphatic heterocycles. The highest BCUT2D eigenvalue weighted by Gasteiger charge is 2.25. The minimum Gasteiger partial charge on any atom is -0.347 e. The van der Waals surface area contributed by atoms with E-state index < -0.39 is 0 Å². The first-order valence-electron chi connectivity index (χ1n) is 13.9. The topological polar surface area (TPSA) is 9.86 Å². The molecule has 0 aliphatic carbocycles. The van der Waals surface area contributed by atoms with E-state index in [0.29, 0.717) is 0 Å². The lowest BCUT2D eigenvalue weighted by Gasteiger charge is -2.18. The van der Waals surface area contributed by atoms with Gasteiger partial charge in [-0.3, -0.25) is 0 Å². The van der Waals surface area contributed by atoms with Gasteiger partial charge in [0.15, 0.2) is 0 Å². The molecule has 0 bridgehead atoms. The normalized spacial score (nSPS) is 11.8. The van der Waals surface area contributed by atoms with E-state index in [0.717, 1.165) is 23.7 Å². The molecule has 0 radical (unpaired) electrons. The molecule has 0 fully saturated rings. The molecule has 2 aromatic heterocycles. The second-order valence-corrected chi connectivity index (χ2v) is 12.3. The van der Waals surface area contributed by atoms with Crippen LogP contribution in [0.3, 0.4) is 0 Å². The Hall–Kier alpha value is -2.30. The molecule has 38 heavy (non-hydrogen) atoms. The Morgan fingerprint density at radius 2 is 1.03 bits per heavy atom. The lowest BCUT2D eigenvalue weighted by molar-refractivity contribution is 0.650. The van der Waals surface area contributed by atoms with Gasteiger partial charge in [-0.25, -0.2) is 0 Å². The van der Waals surface area contributed by atoms with Crippen molar-refractivity contribution in [2.24, 2.45) is 0 Å². The Bertz CT molecular complexity index is 1430. The van der Waals surface area contributed by atoms with E-state index in [9.17, 15) is 0 Å². The third-order valence-electron chi connectivity index (χ3n) is 7.73. The van der Waals surface area contributed by atoms with Crippen molar-refractivity contribution < 1.29 is 0 Å². The van der Waals surface area contributed by atoms with Crippen molar-refractivity contribution in [3.8, 4) is 0 Å². The number of benzene rings is 3. The summed E-state index contributed by atoms with van der Waals surface area (Å²) in [6, 6.07) is 23.2. The van der Waals surface area contributed by atoms with Crippen LogP contribution in [0, 0.1) is 20.8 Å². The summed E-state index contributed by atoms with van der Waals surface area (Å²) in [5.41, 5.74) is 10.8. The third-order valence-corrected chi connectivity index (χ3v) is 8.85. The molecule has 5 rings (SSSR count). The van der Waals surface area contributed by atoms with Crippen LogP contribution in [0.4, 0.5) is 0 Å². The molecule has 0 atom stereocenters. The molecule has 0 amide bonds. The number of aromatic nitrogens is 2. The average molecular weight is 635 g/mol. The predicted molar refractivity (Wildman–Crippen MR) is 172 cm³/mol. The first kappa shape index (κ1) is 27.3. The van der Waals surface area contributed by atoms with Gasteiger partial charge in [0, 0.05) is 63.9 Å². The van der Waals surface area contributed by atoms with E-state index in [1.165, 1.54) is 80.9 Å². The fourth-order valence-corrected chi connectivity index (χ4v) is 6.54. The zero-order valence-corrected chi connectivity index (χ0v) is 26.0. The minimum absolute atomic E-state index is 0.166. The monoisotopic (exact) mass is 632 g/mol. The van der Waals surface area contributed by atoms with Crippen molar-refractivity contribution in [1.29, 1.82) is 0 Å². The Labute approximate surface area is 244 Å². The molecule has 198 valence electrons. The highest BCUT2D eigenvalue weighted by atomic mass is 79.9. The molecule has 0 spiro atoms. The Balaban J connectivity index is 1.74. The van der Waals surface area contributed by atoms with Gasteiger partial charge < -0.3 is 9.13 Å². The molecule has 4 heteroatoms. The molecule has 2 nitrogen and oxygen atoms in total. The zero-order valence-electron chi connectivity index (χ0n) is 22.8. The smallest absolute Gasteiger partial charge is 0.0483 e. The number of hydrogen-bond acceptors (Lipinski definition) is 0. The molecular weight excluding hydrogens is 596 g/mol. The Morgan fingerprint density at radius 1 is 0.579 bits per heavy atom. The van der Waals surface area contributed by atoms with Gasteiger partial charge in [-0.05, 0) is 87.4 Å². The number of rotatable bonds is 11. The number of alkyl halides is 2. The van der Waals surface area contributed by atoms with Crippen molar-refractivity contribution in [3.63, 3.8) is 0 Å². The molecule has 2 heterocycles. The second-order valence-electron chi connectivity index (χ2n) is 10.7. The molecule has 0 unspecified atom stereocenters. The number of fused-ring (bicyclic) bond motifs is 2. The zero-order chi connectivity index (χ0) is 26.6. The van der Waals surface area contributed by atoms with Crippen molar-refractivity contribution in [2.75, 3.05) is 10.7 Å². The van der Waals surface area contributed by atoms with E-state index >= 15 is 0 Å². The first-order chi connectivity index (χ1) is 18.5. The average Bonchev–Trinajstić information content (AvgIpc) is 3.43. The first-order valence-corrected chi connectivity index (χ1v) is 16.1. The molecule has 3 aromatic carbocycles. The number of hydrogen-bond donors (Lipinski definition) is 0.